The second kappa shape index (κ2) is 8.45. The Balaban J connectivity index is 2.89. The molecule has 5 heteroatoms. The predicted molar refractivity (Wildman–Crippen MR) is 75.7 cm³/mol. The number of hydrogen-bond acceptors (Lipinski definition) is 3. The van der Waals surface area contributed by atoms with Crippen molar-refractivity contribution in [2.75, 3.05) is 19.7 Å². The van der Waals surface area contributed by atoms with Gasteiger partial charge in [-0.25, -0.2) is 9.18 Å². The zero-order valence-electron chi connectivity index (χ0n) is 11.6. The summed E-state index contributed by atoms with van der Waals surface area (Å²) in [6.07, 6.45) is 3.08. The largest absolute Gasteiger partial charge is 0.478 e. The van der Waals surface area contributed by atoms with Gasteiger partial charge >= 0.3 is 5.97 Å². The van der Waals surface area contributed by atoms with E-state index in [0.717, 1.165) is 24.7 Å². The average molecular weight is 281 g/mol. The Bertz CT molecular complexity index is 474. The lowest BCUT2D eigenvalue weighted by Gasteiger charge is -2.21. The van der Waals surface area contributed by atoms with Crippen molar-refractivity contribution in [3.63, 3.8) is 0 Å². The number of hydrogen-bond donors (Lipinski definition) is 2. The van der Waals surface area contributed by atoms with Crippen LogP contribution in [0.25, 0.3) is 6.08 Å². The fourth-order valence-corrected chi connectivity index (χ4v) is 1.91. The molecular weight excluding hydrogens is 261 g/mol. The van der Waals surface area contributed by atoms with E-state index in [1.807, 2.05) is 6.92 Å². The maximum absolute atomic E-state index is 13.3. The number of carboxylic acids is 1. The zero-order valence-corrected chi connectivity index (χ0v) is 11.6. The number of carbonyl (C=O) groups is 1. The minimum absolute atomic E-state index is 0.131. The van der Waals surface area contributed by atoms with E-state index in [4.69, 9.17) is 10.2 Å². The van der Waals surface area contributed by atoms with Crippen LogP contribution in [0.2, 0.25) is 0 Å². The van der Waals surface area contributed by atoms with Crippen LogP contribution in [0.15, 0.2) is 24.3 Å². The smallest absolute Gasteiger partial charge is 0.328 e. The second-order valence-electron chi connectivity index (χ2n) is 4.46. The molecule has 0 radical (unpaired) electrons. The van der Waals surface area contributed by atoms with Crippen molar-refractivity contribution in [1.29, 1.82) is 0 Å². The molecule has 20 heavy (non-hydrogen) atoms. The molecule has 0 fully saturated rings. The predicted octanol–water partition coefficient (Wildman–Crippen LogP) is 2.13. The molecule has 0 aliphatic carbocycles. The van der Waals surface area contributed by atoms with Gasteiger partial charge in [0.1, 0.15) is 5.82 Å². The van der Waals surface area contributed by atoms with E-state index < -0.39 is 11.8 Å². The van der Waals surface area contributed by atoms with Gasteiger partial charge in [-0.1, -0.05) is 13.0 Å². The molecule has 0 saturated carbocycles. The number of halogens is 1. The standard InChI is InChI=1S/C15H20FNO3/c1-2-17(8-3-9-18)11-13-4-6-14(16)10-12(13)5-7-15(19)20/h4-7,10,18H,2-3,8-9,11H2,1H3,(H,19,20)/b7-5+. The summed E-state index contributed by atoms with van der Waals surface area (Å²) in [4.78, 5) is 12.7. The molecule has 0 aliphatic heterocycles. The molecule has 0 spiro atoms. The summed E-state index contributed by atoms with van der Waals surface area (Å²) in [6.45, 7) is 4.28. The Morgan fingerprint density at radius 3 is 2.80 bits per heavy atom. The highest BCUT2D eigenvalue weighted by Crippen LogP contribution is 2.16. The number of nitrogens with zero attached hydrogens (tertiary/aromatic N) is 1. The van der Waals surface area contributed by atoms with Crippen LogP contribution in [-0.4, -0.2) is 40.8 Å². The molecule has 0 aromatic heterocycles. The Hall–Kier alpha value is -1.72. The number of rotatable bonds is 8. The summed E-state index contributed by atoms with van der Waals surface area (Å²) in [6, 6.07) is 4.36. The Morgan fingerprint density at radius 1 is 1.45 bits per heavy atom. The van der Waals surface area contributed by atoms with Crippen molar-refractivity contribution in [1.82, 2.24) is 4.90 Å². The minimum Gasteiger partial charge on any atom is -0.478 e. The normalized spacial score (nSPS) is 11.4. The number of aliphatic hydroxyl groups is 1. The molecule has 1 aromatic rings. The van der Waals surface area contributed by atoms with Crippen LogP contribution in [0.1, 0.15) is 24.5 Å². The van der Waals surface area contributed by atoms with E-state index in [0.29, 0.717) is 18.5 Å². The van der Waals surface area contributed by atoms with Crippen LogP contribution >= 0.6 is 0 Å². The SMILES string of the molecule is CCN(CCCO)Cc1ccc(F)cc1/C=C/C(=O)O. The lowest BCUT2D eigenvalue weighted by atomic mass is 10.1. The molecule has 2 N–H and O–H groups in total. The molecule has 0 amide bonds. The van der Waals surface area contributed by atoms with Gasteiger partial charge in [-0.15, -0.1) is 0 Å². The monoisotopic (exact) mass is 281 g/mol. The van der Waals surface area contributed by atoms with Gasteiger partial charge < -0.3 is 10.2 Å². The summed E-state index contributed by atoms with van der Waals surface area (Å²) in [5.41, 5.74) is 1.43. The molecule has 1 aromatic carbocycles. The first-order valence-electron chi connectivity index (χ1n) is 6.59. The Kier molecular flexibility index (Phi) is 6.90. The molecule has 0 saturated heterocycles. The molecule has 4 nitrogen and oxygen atoms in total. The van der Waals surface area contributed by atoms with Gasteiger partial charge in [-0.3, -0.25) is 4.90 Å². The summed E-state index contributed by atoms with van der Waals surface area (Å²) in [5.74, 6) is -1.45. The van der Waals surface area contributed by atoms with Gasteiger partial charge in [0, 0.05) is 25.8 Å². The number of aliphatic hydroxyl groups excluding tert-OH is 1. The van der Waals surface area contributed by atoms with Gasteiger partial charge in [0.2, 0.25) is 0 Å². The fourth-order valence-electron chi connectivity index (χ4n) is 1.91. The lowest BCUT2D eigenvalue weighted by Crippen LogP contribution is -2.25. The van der Waals surface area contributed by atoms with Crippen molar-refractivity contribution in [2.45, 2.75) is 19.9 Å². The van der Waals surface area contributed by atoms with Crippen LogP contribution in [-0.2, 0) is 11.3 Å². The Labute approximate surface area is 118 Å². The molecular formula is C15H20FNO3. The third-order valence-electron chi connectivity index (χ3n) is 2.99. The maximum Gasteiger partial charge on any atom is 0.328 e. The molecule has 0 aliphatic rings. The average Bonchev–Trinajstić information content (AvgIpc) is 2.42. The highest BCUT2D eigenvalue weighted by molar-refractivity contribution is 5.85. The van der Waals surface area contributed by atoms with E-state index in [1.165, 1.54) is 18.2 Å². The van der Waals surface area contributed by atoms with E-state index in [-0.39, 0.29) is 6.61 Å². The first kappa shape index (κ1) is 16.3. The van der Waals surface area contributed by atoms with Gasteiger partial charge in [0.25, 0.3) is 0 Å². The van der Waals surface area contributed by atoms with Crippen molar-refractivity contribution in [3.05, 3.63) is 41.2 Å². The first-order valence-corrected chi connectivity index (χ1v) is 6.59. The third-order valence-corrected chi connectivity index (χ3v) is 2.99. The van der Waals surface area contributed by atoms with Crippen LogP contribution < -0.4 is 0 Å². The van der Waals surface area contributed by atoms with Gasteiger partial charge in [0.15, 0.2) is 0 Å². The van der Waals surface area contributed by atoms with Crippen molar-refractivity contribution >= 4 is 12.0 Å². The van der Waals surface area contributed by atoms with E-state index >= 15 is 0 Å². The summed E-state index contributed by atoms with van der Waals surface area (Å²) < 4.78 is 13.3. The summed E-state index contributed by atoms with van der Waals surface area (Å²) >= 11 is 0. The van der Waals surface area contributed by atoms with Crippen LogP contribution in [0.4, 0.5) is 4.39 Å². The van der Waals surface area contributed by atoms with Crippen LogP contribution in [0.3, 0.4) is 0 Å². The molecule has 1 rings (SSSR count). The number of benzene rings is 1. The van der Waals surface area contributed by atoms with Gasteiger partial charge in [-0.05, 0) is 42.3 Å². The van der Waals surface area contributed by atoms with Gasteiger partial charge in [-0.2, -0.15) is 0 Å². The minimum atomic E-state index is -1.06. The van der Waals surface area contributed by atoms with Gasteiger partial charge in [0.05, 0.1) is 0 Å². The molecule has 0 atom stereocenters. The molecule has 0 unspecified atom stereocenters. The lowest BCUT2D eigenvalue weighted by molar-refractivity contribution is -0.131. The molecule has 0 heterocycles. The van der Waals surface area contributed by atoms with E-state index in [2.05, 4.69) is 4.90 Å². The molecule has 0 bridgehead atoms. The van der Waals surface area contributed by atoms with Crippen molar-refractivity contribution < 1.29 is 19.4 Å². The van der Waals surface area contributed by atoms with Crippen LogP contribution in [0.5, 0.6) is 0 Å². The van der Waals surface area contributed by atoms with Crippen molar-refractivity contribution in [2.24, 2.45) is 0 Å². The summed E-state index contributed by atoms with van der Waals surface area (Å²) in [5, 5.41) is 17.5. The van der Waals surface area contributed by atoms with E-state index in [1.54, 1.807) is 6.07 Å². The zero-order chi connectivity index (χ0) is 15.0. The topological polar surface area (TPSA) is 60.8 Å². The van der Waals surface area contributed by atoms with Crippen LogP contribution in [0, 0.1) is 5.82 Å². The maximum atomic E-state index is 13.3. The quantitative estimate of drug-likeness (QED) is 0.717. The number of aliphatic carboxylic acids is 1. The third kappa shape index (κ3) is 5.50. The highest BCUT2D eigenvalue weighted by atomic mass is 19.1. The molecule has 110 valence electrons. The first-order chi connectivity index (χ1) is 9.56. The van der Waals surface area contributed by atoms with E-state index in [9.17, 15) is 9.18 Å². The van der Waals surface area contributed by atoms with Crippen molar-refractivity contribution in [3.8, 4) is 0 Å². The summed E-state index contributed by atoms with van der Waals surface area (Å²) in [7, 11) is 0. The Morgan fingerprint density at radius 2 is 2.20 bits per heavy atom. The number of carboxylic acid groups (broad SMARTS) is 1. The highest BCUT2D eigenvalue weighted by Gasteiger charge is 2.07. The fraction of sp³-hybridized carbons (Fsp3) is 0.400. The second-order valence-corrected chi connectivity index (χ2v) is 4.46.